The fraction of sp³-hybridized carbons (Fsp3) is 0. The quantitative estimate of drug-likeness (QED) is 0.697. The van der Waals surface area contributed by atoms with E-state index in [-0.39, 0.29) is 5.82 Å². The third-order valence-electron chi connectivity index (χ3n) is 1.41. The lowest BCUT2D eigenvalue weighted by Crippen LogP contribution is -1.95. The zero-order chi connectivity index (χ0) is 9.26. The predicted molar refractivity (Wildman–Crippen MR) is 40.3 cm³/mol. The summed E-state index contributed by atoms with van der Waals surface area (Å²) in [5, 5.41) is 3.39. The monoisotopic (exact) mass is 181 g/mol. The zero-order valence-corrected chi connectivity index (χ0v) is 6.32. The van der Waals surface area contributed by atoms with Crippen LogP contribution in [0.25, 0.3) is 11.5 Å². The maximum Gasteiger partial charge on any atom is 0.439 e. The van der Waals surface area contributed by atoms with Crippen LogP contribution in [0.3, 0.4) is 0 Å². The van der Waals surface area contributed by atoms with Gasteiger partial charge in [-0.2, -0.15) is 0 Å². The SMILES string of the molecule is O=c1[nH]c(-c2ccc(F)cn2)no1. The third kappa shape index (κ3) is 1.46. The topological polar surface area (TPSA) is 71.8 Å². The van der Waals surface area contributed by atoms with Gasteiger partial charge in [-0.1, -0.05) is 5.16 Å². The molecule has 0 aliphatic heterocycles. The Bertz CT molecular complexity index is 459. The molecule has 2 aromatic rings. The van der Waals surface area contributed by atoms with Crippen molar-refractivity contribution in [1.82, 2.24) is 15.1 Å². The summed E-state index contributed by atoms with van der Waals surface area (Å²) in [7, 11) is 0. The highest BCUT2D eigenvalue weighted by Crippen LogP contribution is 2.08. The lowest BCUT2D eigenvalue weighted by molar-refractivity contribution is 0.387. The summed E-state index contributed by atoms with van der Waals surface area (Å²) in [6.45, 7) is 0. The summed E-state index contributed by atoms with van der Waals surface area (Å²) in [4.78, 5) is 16.5. The van der Waals surface area contributed by atoms with Crippen molar-refractivity contribution in [3.05, 3.63) is 34.7 Å². The van der Waals surface area contributed by atoms with E-state index in [0.29, 0.717) is 5.69 Å². The van der Waals surface area contributed by atoms with Crippen LogP contribution in [0.5, 0.6) is 0 Å². The van der Waals surface area contributed by atoms with E-state index in [1.54, 1.807) is 0 Å². The minimum Gasteiger partial charge on any atom is -0.296 e. The molecule has 0 unspecified atom stereocenters. The number of aromatic amines is 1. The predicted octanol–water partition coefficient (Wildman–Crippen LogP) is 0.564. The summed E-state index contributed by atoms with van der Waals surface area (Å²) in [6, 6.07) is 2.61. The Morgan fingerprint density at radius 1 is 1.46 bits per heavy atom. The molecule has 0 bridgehead atoms. The van der Waals surface area contributed by atoms with Gasteiger partial charge in [0.1, 0.15) is 11.5 Å². The van der Waals surface area contributed by atoms with E-state index >= 15 is 0 Å². The molecule has 0 saturated heterocycles. The average Bonchev–Trinajstić information content (AvgIpc) is 2.53. The average molecular weight is 181 g/mol. The molecule has 0 radical (unpaired) electrons. The fourth-order valence-electron chi connectivity index (χ4n) is 0.856. The molecule has 2 heterocycles. The van der Waals surface area contributed by atoms with E-state index in [0.717, 1.165) is 6.20 Å². The van der Waals surface area contributed by atoms with Gasteiger partial charge in [-0.05, 0) is 12.1 Å². The maximum atomic E-state index is 12.4. The molecule has 0 aliphatic carbocycles. The Labute approximate surface area is 71.2 Å². The number of pyridine rings is 1. The van der Waals surface area contributed by atoms with Crippen LogP contribution in [-0.4, -0.2) is 15.1 Å². The number of aromatic nitrogens is 3. The van der Waals surface area contributed by atoms with Gasteiger partial charge in [0.25, 0.3) is 0 Å². The number of nitrogens with one attached hydrogen (secondary N) is 1. The summed E-state index contributed by atoms with van der Waals surface area (Å²) in [5.74, 6) is -0.930. The molecular formula is C7H4FN3O2. The lowest BCUT2D eigenvalue weighted by atomic mass is 10.3. The first-order chi connectivity index (χ1) is 6.25. The zero-order valence-electron chi connectivity index (χ0n) is 6.32. The second-order valence-corrected chi connectivity index (χ2v) is 2.31. The van der Waals surface area contributed by atoms with Gasteiger partial charge in [0.2, 0.25) is 5.82 Å². The summed E-state index contributed by atoms with van der Waals surface area (Å²) in [5.41, 5.74) is 0.354. The number of halogens is 1. The van der Waals surface area contributed by atoms with Crippen molar-refractivity contribution >= 4 is 0 Å². The molecular weight excluding hydrogens is 177 g/mol. The summed E-state index contributed by atoms with van der Waals surface area (Å²) in [6.07, 6.45) is 1.03. The number of hydrogen-bond acceptors (Lipinski definition) is 4. The van der Waals surface area contributed by atoms with Gasteiger partial charge in [-0.25, -0.2) is 14.2 Å². The Kier molecular flexibility index (Phi) is 1.66. The van der Waals surface area contributed by atoms with Crippen LogP contribution in [0.2, 0.25) is 0 Å². The lowest BCUT2D eigenvalue weighted by Gasteiger charge is -1.91. The molecule has 0 saturated carbocycles. The molecule has 5 nitrogen and oxygen atoms in total. The normalized spacial score (nSPS) is 10.2. The Morgan fingerprint density at radius 3 is 2.85 bits per heavy atom. The van der Waals surface area contributed by atoms with Crippen LogP contribution in [0.4, 0.5) is 4.39 Å². The van der Waals surface area contributed by atoms with Gasteiger partial charge in [0, 0.05) is 0 Å². The molecule has 66 valence electrons. The number of rotatable bonds is 1. The Morgan fingerprint density at radius 2 is 2.31 bits per heavy atom. The van der Waals surface area contributed by atoms with Crippen molar-refractivity contribution in [3.8, 4) is 11.5 Å². The van der Waals surface area contributed by atoms with Gasteiger partial charge in [0.15, 0.2) is 0 Å². The van der Waals surface area contributed by atoms with Crippen molar-refractivity contribution in [2.24, 2.45) is 0 Å². The van der Waals surface area contributed by atoms with Crippen molar-refractivity contribution in [2.45, 2.75) is 0 Å². The molecule has 1 N–H and O–H groups in total. The molecule has 0 aliphatic rings. The Balaban J connectivity index is 2.47. The number of H-pyrrole nitrogens is 1. The van der Waals surface area contributed by atoms with E-state index in [9.17, 15) is 9.18 Å². The first-order valence-electron chi connectivity index (χ1n) is 3.43. The highest BCUT2D eigenvalue weighted by atomic mass is 19.1. The molecule has 0 atom stereocenters. The summed E-state index contributed by atoms with van der Waals surface area (Å²) >= 11 is 0. The minimum absolute atomic E-state index is 0.185. The first kappa shape index (κ1) is 7.66. The van der Waals surface area contributed by atoms with Gasteiger partial charge >= 0.3 is 5.76 Å². The van der Waals surface area contributed by atoms with Crippen molar-refractivity contribution in [1.29, 1.82) is 0 Å². The van der Waals surface area contributed by atoms with Crippen molar-refractivity contribution in [2.75, 3.05) is 0 Å². The van der Waals surface area contributed by atoms with Crippen LogP contribution in [0, 0.1) is 5.82 Å². The first-order valence-corrected chi connectivity index (χ1v) is 3.43. The molecule has 0 aromatic carbocycles. The Hall–Kier alpha value is -1.98. The van der Waals surface area contributed by atoms with E-state index in [1.807, 2.05) is 0 Å². The molecule has 2 rings (SSSR count). The molecule has 0 fully saturated rings. The van der Waals surface area contributed by atoms with Gasteiger partial charge in [-0.3, -0.25) is 9.51 Å². The molecule has 0 spiro atoms. The largest absolute Gasteiger partial charge is 0.439 e. The summed E-state index contributed by atoms with van der Waals surface area (Å²) < 4.78 is 16.7. The van der Waals surface area contributed by atoms with Crippen LogP contribution in [-0.2, 0) is 0 Å². The molecule has 2 aromatic heterocycles. The van der Waals surface area contributed by atoms with Gasteiger partial charge in [-0.15, -0.1) is 0 Å². The highest BCUT2D eigenvalue weighted by Gasteiger charge is 2.04. The second-order valence-electron chi connectivity index (χ2n) is 2.31. The van der Waals surface area contributed by atoms with Crippen molar-refractivity contribution in [3.63, 3.8) is 0 Å². The van der Waals surface area contributed by atoms with Crippen molar-refractivity contribution < 1.29 is 8.91 Å². The minimum atomic E-state index is -0.666. The van der Waals surface area contributed by atoms with Crippen LogP contribution in [0.15, 0.2) is 27.6 Å². The molecule has 0 amide bonds. The van der Waals surface area contributed by atoms with E-state index in [4.69, 9.17) is 0 Å². The number of hydrogen-bond donors (Lipinski definition) is 1. The van der Waals surface area contributed by atoms with Gasteiger partial charge in [0.05, 0.1) is 6.20 Å². The smallest absolute Gasteiger partial charge is 0.296 e. The van der Waals surface area contributed by atoms with Gasteiger partial charge < -0.3 is 0 Å². The highest BCUT2D eigenvalue weighted by molar-refractivity contribution is 5.46. The van der Waals surface area contributed by atoms with Crippen LogP contribution >= 0.6 is 0 Å². The van der Waals surface area contributed by atoms with E-state index in [1.165, 1.54) is 12.1 Å². The van der Waals surface area contributed by atoms with E-state index < -0.39 is 11.6 Å². The van der Waals surface area contributed by atoms with Crippen LogP contribution in [0.1, 0.15) is 0 Å². The maximum absolute atomic E-state index is 12.4. The molecule has 13 heavy (non-hydrogen) atoms. The number of nitrogens with zero attached hydrogens (tertiary/aromatic N) is 2. The molecule has 6 heteroatoms. The standard InChI is InChI=1S/C7H4FN3O2/c8-4-1-2-5(9-3-4)6-10-7(12)13-11-6/h1-3H,(H,10,11,12). The van der Waals surface area contributed by atoms with E-state index in [2.05, 4.69) is 19.6 Å². The van der Waals surface area contributed by atoms with Crippen LogP contribution < -0.4 is 5.76 Å². The second kappa shape index (κ2) is 2.81. The third-order valence-corrected chi connectivity index (χ3v) is 1.41. The fourth-order valence-corrected chi connectivity index (χ4v) is 0.856.